The van der Waals surface area contributed by atoms with Crippen LogP contribution in [0.15, 0.2) is 30.3 Å². The molecule has 1 N–H and O–H groups in total. The number of nitro groups is 1. The Morgan fingerprint density at radius 1 is 1.43 bits per heavy atom. The van der Waals surface area contributed by atoms with Crippen molar-refractivity contribution in [2.24, 2.45) is 0 Å². The topological polar surface area (TPSA) is 98.5 Å². The molecule has 1 aromatic rings. The molecule has 21 heavy (non-hydrogen) atoms. The van der Waals surface area contributed by atoms with Crippen molar-refractivity contribution in [1.29, 1.82) is 0 Å². The van der Waals surface area contributed by atoms with Crippen LogP contribution < -0.4 is 5.32 Å². The van der Waals surface area contributed by atoms with Crippen LogP contribution in [-0.4, -0.2) is 29.4 Å². The van der Waals surface area contributed by atoms with Gasteiger partial charge >= 0.3 is 5.97 Å². The molecule has 1 atom stereocenters. The van der Waals surface area contributed by atoms with Gasteiger partial charge in [-0.3, -0.25) is 14.9 Å². The van der Waals surface area contributed by atoms with Crippen LogP contribution >= 0.6 is 0 Å². The summed E-state index contributed by atoms with van der Waals surface area (Å²) < 4.78 is 4.88. The second-order valence-corrected chi connectivity index (χ2v) is 4.12. The highest BCUT2D eigenvalue weighted by atomic mass is 16.6. The standard InChI is InChI=1S/C14H16N2O5/c1-3-15-14(18)10(2)21-13(17)9-8-11-6-4-5-7-12(11)16(19)20/h4-10H,3H2,1-2H3,(H,15,18)/b9-8+/t10-/m0/s1. The zero-order valence-corrected chi connectivity index (χ0v) is 11.7. The van der Waals surface area contributed by atoms with Gasteiger partial charge in [0.1, 0.15) is 0 Å². The molecule has 0 heterocycles. The predicted octanol–water partition coefficient (Wildman–Crippen LogP) is 1.68. The molecule has 7 heteroatoms. The van der Waals surface area contributed by atoms with Gasteiger partial charge in [-0.2, -0.15) is 0 Å². The average Bonchev–Trinajstić information content (AvgIpc) is 2.45. The maximum atomic E-state index is 11.6. The first-order valence-electron chi connectivity index (χ1n) is 6.35. The van der Waals surface area contributed by atoms with Crippen LogP contribution in [-0.2, 0) is 14.3 Å². The van der Waals surface area contributed by atoms with Crippen molar-refractivity contribution in [3.8, 4) is 0 Å². The van der Waals surface area contributed by atoms with E-state index in [0.717, 1.165) is 6.08 Å². The third kappa shape index (κ3) is 5.06. The Labute approximate surface area is 121 Å². The van der Waals surface area contributed by atoms with E-state index in [1.807, 2.05) is 0 Å². The van der Waals surface area contributed by atoms with Gasteiger partial charge in [0, 0.05) is 18.7 Å². The van der Waals surface area contributed by atoms with Crippen molar-refractivity contribution >= 4 is 23.6 Å². The van der Waals surface area contributed by atoms with E-state index in [4.69, 9.17) is 4.74 Å². The maximum Gasteiger partial charge on any atom is 0.331 e. The van der Waals surface area contributed by atoms with Crippen LogP contribution in [0, 0.1) is 10.1 Å². The fourth-order valence-electron chi connectivity index (χ4n) is 1.54. The molecule has 112 valence electrons. The maximum absolute atomic E-state index is 11.6. The summed E-state index contributed by atoms with van der Waals surface area (Å²) in [6, 6.07) is 6.00. The number of likely N-dealkylation sites (N-methyl/N-ethyl adjacent to an activating group) is 1. The molecule has 0 aliphatic carbocycles. The highest BCUT2D eigenvalue weighted by Gasteiger charge is 2.15. The number of rotatable bonds is 6. The summed E-state index contributed by atoms with van der Waals surface area (Å²) in [5.41, 5.74) is 0.170. The third-order valence-corrected chi connectivity index (χ3v) is 2.55. The second-order valence-electron chi connectivity index (χ2n) is 4.12. The molecule has 0 saturated carbocycles. The number of nitrogens with zero attached hydrogens (tertiary/aromatic N) is 1. The van der Waals surface area contributed by atoms with Gasteiger partial charge in [0.15, 0.2) is 6.10 Å². The number of para-hydroxylation sites is 1. The Balaban J connectivity index is 2.71. The highest BCUT2D eigenvalue weighted by molar-refractivity contribution is 5.90. The molecular formula is C14H16N2O5. The fraction of sp³-hybridized carbons (Fsp3) is 0.286. The van der Waals surface area contributed by atoms with Crippen molar-refractivity contribution < 1.29 is 19.2 Å². The predicted molar refractivity (Wildman–Crippen MR) is 76.4 cm³/mol. The van der Waals surface area contributed by atoms with Crippen LogP contribution in [0.25, 0.3) is 6.08 Å². The Kier molecular flexibility index (Phi) is 6.06. The molecule has 0 fully saturated rings. The minimum Gasteiger partial charge on any atom is -0.449 e. The molecule has 1 amide bonds. The van der Waals surface area contributed by atoms with Gasteiger partial charge in [-0.25, -0.2) is 4.79 Å². The minimum atomic E-state index is -0.923. The number of benzene rings is 1. The summed E-state index contributed by atoms with van der Waals surface area (Å²) in [4.78, 5) is 33.2. The molecule has 0 aliphatic heterocycles. The summed E-state index contributed by atoms with van der Waals surface area (Å²) in [6.07, 6.45) is 1.41. The largest absolute Gasteiger partial charge is 0.449 e. The normalized spacial score (nSPS) is 11.9. The number of hydrogen-bond acceptors (Lipinski definition) is 5. The number of hydrogen-bond donors (Lipinski definition) is 1. The van der Waals surface area contributed by atoms with Crippen LogP contribution in [0.4, 0.5) is 5.69 Å². The molecule has 0 radical (unpaired) electrons. The zero-order valence-electron chi connectivity index (χ0n) is 11.7. The number of nitro benzene ring substituents is 1. The molecule has 0 bridgehead atoms. The monoisotopic (exact) mass is 292 g/mol. The number of carbonyl (C=O) groups is 2. The van der Waals surface area contributed by atoms with Gasteiger partial charge in [0.25, 0.3) is 11.6 Å². The second kappa shape index (κ2) is 7.78. The van der Waals surface area contributed by atoms with Gasteiger partial charge in [-0.1, -0.05) is 12.1 Å². The smallest absolute Gasteiger partial charge is 0.331 e. The lowest BCUT2D eigenvalue weighted by Gasteiger charge is -2.10. The van der Waals surface area contributed by atoms with Crippen molar-refractivity contribution in [2.75, 3.05) is 6.54 Å². The lowest BCUT2D eigenvalue weighted by molar-refractivity contribution is -0.385. The van der Waals surface area contributed by atoms with Gasteiger partial charge in [0.2, 0.25) is 0 Å². The van der Waals surface area contributed by atoms with Crippen molar-refractivity contribution in [2.45, 2.75) is 20.0 Å². The Morgan fingerprint density at radius 2 is 2.10 bits per heavy atom. The summed E-state index contributed by atoms with van der Waals surface area (Å²) >= 11 is 0. The first kappa shape index (κ1) is 16.4. The molecule has 0 unspecified atom stereocenters. The Morgan fingerprint density at radius 3 is 2.71 bits per heavy atom. The van der Waals surface area contributed by atoms with E-state index in [0.29, 0.717) is 6.54 Å². The SMILES string of the molecule is CCNC(=O)[C@H](C)OC(=O)/C=C/c1ccccc1[N+](=O)[O-]. The molecule has 7 nitrogen and oxygen atoms in total. The number of amides is 1. The van der Waals surface area contributed by atoms with Gasteiger partial charge in [-0.15, -0.1) is 0 Å². The Hall–Kier alpha value is -2.70. The van der Waals surface area contributed by atoms with Gasteiger partial charge < -0.3 is 10.1 Å². The van der Waals surface area contributed by atoms with E-state index < -0.39 is 22.9 Å². The molecule has 0 spiro atoms. The van der Waals surface area contributed by atoms with Crippen LogP contribution in [0.5, 0.6) is 0 Å². The first-order valence-corrected chi connectivity index (χ1v) is 6.35. The van der Waals surface area contributed by atoms with Gasteiger partial charge in [0.05, 0.1) is 10.5 Å². The van der Waals surface area contributed by atoms with E-state index in [1.165, 1.54) is 31.2 Å². The lowest BCUT2D eigenvalue weighted by atomic mass is 10.1. The van der Waals surface area contributed by atoms with Crippen molar-refractivity contribution in [1.82, 2.24) is 5.32 Å². The summed E-state index contributed by atoms with van der Waals surface area (Å²) in [7, 11) is 0. The number of carbonyl (C=O) groups excluding carboxylic acids is 2. The summed E-state index contributed by atoms with van der Waals surface area (Å²) in [5, 5.41) is 13.3. The van der Waals surface area contributed by atoms with Crippen LogP contribution in [0.2, 0.25) is 0 Å². The van der Waals surface area contributed by atoms with E-state index >= 15 is 0 Å². The van der Waals surface area contributed by atoms with Crippen LogP contribution in [0.3, 0.4) is 0 Å². The first-order chi connectivity index (χ1) is 9.95. The van der Waals surface area contributed by atoms with E-state index in [2.05, 4.69) is 5.32 Å². The summed E-state index contributed by atoms with van der Waals surface area (Å²) in [6.45, 7) is 3.63. The average molecular weight is 292 g/mol. The third-order valence-electron chi connectivity index (χ3n) is 2.55. The lowest BCUT2D eigenvalue weighted by Crippen LogP contribution is -2.35. The van der Waals surface area contributed by atoms with E-state index in [-0.39, 0.29) is 11.3 Å². The van der Waals surface area contributed by atoms with Gasteiger partial charge in [-0.05, 0) is 26.0 Å². The van der Waals surface area contributed by atoms with Crippen molar-refractivity contribution in [3.63, 3.8) is 0 Å². The summed E-state index contributed by atoms with van der Waals surface area (Å²) in [5.74, 6) is -1.14. The molecule has 0 aliphatic rings. The quantitative estimate of drug-likeness (QED) is 0.372. The zero-order chi connectivity index (χ0) is 15.8. The number of nitrogens with one attached hydrogen (secondary N) is 1. The molecule has 1 rings (SSSR count). The molecule has 0 aromatic heterocycles. The Bertz CT molecular complexity index is 568. The highest BCUT2D eigenvalue weighted by Crippen LogP contribution is 2.18. The van der Waals surface area contributed by atoms with Crippen molar-refractivity contribution in [3.05, 3.63) is 46.0 Å². The van der Waals surface area contributed by atoms with E-state index in [1.54, 1.807) is 13.0 Å². The van der Waals surface area contributed by atoms with Crippen LogP contribution in [0.1, 0.15) is 19.4 Å². The number of esters is 1. The fourth-order valence-corrected chi connectivity index (χ4v) is 1.54. The molecule has 1 aromatic carbocycles. The minimum absolute atomic E-state index is 0.113. The molecule has 0 saturated heterocycles. The van der Waals surface area contributed by atoms with E-state index in [9.17, 15) is 19.7 Å². The molecular weight excluding hydrogens is 276 g/mol. The number of ether oxygens (including phenoxy) is 1.